The van der Waals surface area contributed by atoms with Gasteiger partial charge in [0.2, 0.25) is 0 Å². The molecule has 0 amide bonds. The van der Waals surface area contributed by atoms with E-state index >= 15 is 0 Å². The highest BCUT2D eigenvalue weighted by molar-refractivity contribution is 9.10. The molecule has 0 radical (unpaired) electrons. The van der Waals surface area contributed by atoms with Gasteiger partial charge in [-0.25, -0.2) is 4.98 Å². The Hall–Kier alpha value is -1.81. The third-order valence-electron chi connectivity index (χ3n) is 2.69. The zero-order valence-corrected chi connectivity index (χ0v) is 10.6. The monoisotopic (exact) mass is 287 g/mol. The van der Waals surface area contributed by atoms with Gasteiger partial charge in [0.05, 0.1) is 11.7 Å². The first kappa shape index (κ1) is 10.4. The second-order valence-corrected chi connectivity index (χ2v) is 4.67. The number of pyridine rings is 1. The lowest BCUT2D eigenvalue weighted by molar-refractivity contribution is 1.16. The van der Waals surface area contributed by atoms with Gasteiger partial charge in [0, 0.05) is 21.9 Å². The summed E-state index contributed by atoms with van der Waals surface area (Å²) in [5, 5.41) is 0. The number of nitrogens with two attached hydrogens (primary N) is 1. The highest BCUT2D eigenvalue weighted by Crippen LogP contribution is 2.24. The molecule has 17 heavy (non-hydrogen) atoms. The molecule has 84 valence electrons. The molecule has 1 aromatic carbocycles. The Morgan fingerprint density at radius 1 is 1.12 bits per heavy atom. The fourth-order valence-electron chi connectivity index (χ4n) is 1.83. The third-order valence-corrected chi connectivity index (χ3v) is 3.36. The van der Waals surface area contributed by atoms with Crippen molar-refractivity contribution >= 4 is 27.1 Å². The SMILES string of the molecule is Nc1ccc(-c2ncc3c(Br)cccn23)cc1. The van der Waals surface area contributed by atoms with Gasteiger partial charge in [0.15, 0.2) is 0 Å². The second-order valence-electron chi connectivity index (χ2n) is 3.82. The van der Waals surface area contributed by atoms with Crippen LogP contribution in [0.25, 0.3) is 16.9 Å². The first-order valence-electron chi connectivity index (χ1n) is 5.23. The summed E-state index contributed by atoms with van der Waals surface area (Å²) in [7, 11) is 0. The van der Waals surface area contributed by atoms with Crippen LogP contribution in [0.3, 0.4) is 0 Å². The van der Waals surface area contributed by atoms with E-state index in [2.05, 4.69) is 25.3 Å². The summed E-state index contributed by atoms with van der Waals surface area (Å²) in [6.07, 6.45) is 3.86. The van der Waals surface area contributed by atoms with Gasteiger partial charge in [-0.05, 0) is 52.3 Å². The summed E-state index contributed by atoms with van der Waals surface area (Å²) in [5.41, 5.74) is 8.55. The minimum Gasteiger partial charge on any atom is -0.399 e. The number of nitrogens with zero attached hydrogens (tertiary/aromatic N) is 2. The molecule has 0 unspecified atom stereocenters. The molecule has 0 saturated carbocycles. The zero-order chi connectivity index (χ0) is 11.8. The molecule has 0 spiro atoms. The van der Waals surface area contributed by atoms with Crippen molar-refractivity contribution in [1.29, 1.82) is 0 Å². The van der Waals surface area contributed by atoms with E-state index in [1.165, 1.54) is 0 Å². The normalized spacial score (nSPS) is 10.9. The van der Waals surface area contributed by atoms with Crippen LogP contribution in [0.1, 0.15) is 0 Å². The smallest absolute Gasteiger partial charge is 0.144 e. The van der Waals surface area contributed by atoms with Crippen molar-refractivity contribution in [3.05, 3.63) is 53.3 Å². The average Bonchev–Trinajstić information content (AvgIpc) is 2.75. The van der Waals surface area contributed by atoms with Crippen LogP contribution in [0.4, 0.5) is 5.69 Å². The Kier molecular flexibility index (Phi) is 2.37. The zero-order valence-electron chi connectivity index (χ0n) is 8.97. The number of halogens is 1. The number of hydrogen-bond donors (Lipinski definition) is 1. The maximum absolute atomic E-state index is 5.68. The van der Waals surface area contributed by atoms with Crippen molar-refractivity contribution in [2.45, 2.75) is 0 Å². The minimum atomic E-state index is 0.760. The Bertz CT molecular complexity index is 671. The minimum absolute atomic E-state index is 0.760. The fourth-order valence-corrected chi connectivity index (χ4v) is 2.28. The summed E-state index contributed by atoms with van der Waals surface area (Å²) in [4.78, 5) is 4.45. The molecule has 3 aromatic rings. The number of aromatic nitrogens is 2. The Balaban J connectivity index is 2.24. The maximum atomic E-state index is 5.68. The van der Waals surface area contributed by atoms with E-state index in [0.717, 1.165) is 27.1 Å². The Morgan fingerprint density at radius 2 is 1.88 bits per heavy atom. The van der Waals surface area contributed by atoms with Crippen molar-refractivity contribution < 1.29 is 0 Å². The number of nitrogen functional groups attached to an aromatic ring is 1. The standard InChI is InChI=1S/C13H10BrN3/c14-11-2-1-7-17-12(11)8-16-13(17)9-3-5-10(15)6-4-9/h1-8H,15H2. The first-order valence-corrected chi connectivity index (χ1v) is 6.02. The van der Waals surface area contributed by atoms with E-state index in [1.807, 2.05) is 48.8 Å². The highest BCUT2D eigenvalue weighted by atomic mass is 79.9. The molecule has 2 N–H and O–H groups in total. The van der Waals surface area contributed by atoms with Gasteiger partial charge in [-0.2, -0.15) is 0 Å². The topological polar surface area (TPSA) is 43.3 Å². The van der Waals surface area contributed by atoms with E-state index in [9.17, 15) is 0 Å². The molecule has 0 aliphatic heterocycles. The Labute approximate surface area is 107 Å². The lowest BCUT2D eigenvalue weighted by Gasteiger charge is -2.02. The molecular formula is C13H10BrN3. The van der Waals surface area contributed by atoms with Crippen LogP contribution < -0.4 is 5.73 Å². The molecular weight excluding hydrogens is 278 g/mol. The molecule has 2 heterocycles. The van der Waals surface area contributed by atoms with Crippen molar-refractivity contribution in [3.8, 4) is 11.4 Å². The van der Waals surface area contributed by atoms with Gasteiger partial charge >= 0.3 is 0 Å². The van der Waals surface area contributed by atoms with Crippen LogP contribution in [0, 0.1) is 0 Å². The number of anilines is 1. The van der Waals surface area contributed by atoms with Gasteiger partial charge in [-0.15, -0.1) is 0 Å². The summed E-state index contributed by atoms with van der Waals surface area (Å²) in [5.74, 6) is 0.918. The predicted octanol–water partition coefficient (Wildman–Crippen LogP) is 3.35. The van der Waals surface area contributed by atoms with Crippen molar-refractivity contribution in [3.63, 3.8) is 0 Å². The molecule has 0 aliphatic rings. The van der Waals surface area contributed by atoms with E-state index in [4.69, 9.17) is 5.73 Å². The molecule has 2 aromatic heterocycles. The molecule has 0 bridgehead atoms. The van der Waals surface area contributed by atoms with Crippen LogP contribution in [-0.2, 0) is 0 Å². The van der Waals surface area contributed by atoms with Gasteiger partial charge < -0.3 is 5.73 Å². The number of benzene rings is 1. The molecule has 3 nitrogen and oxygen atoms in total. The van der Waals surface area contributed by atoms with Crippen LogP contribution in [-0.4, -0.2) is 9.38 Å². The number of imidazole rings is 1. The quantitative estimate of drug-likeness (QED) is 0.698. The molecule has 0 saturated heterocycles. The van der Waals surface area contributed by atoms with Gasteiger partial charge in [-0.3, -0.25) is 4.40 Å². The Morgan fingerprint density at radius 3 is 2.65 bits per heavy atom. The predicted molar refractivity (Wildman–Crippen MR) is 72.7 cm³/mol. The number of fused-ring (bicyclic) bond motifs is 1. The van der Waals surface area contributed by atoms with Gasteiger partial charge in [0.1, 0.15) is 5.82 Å². The molecule has 3 rings (SSSR count). The second kappa shape index (κ2) is 3.89. The highest BCUT2D eigenvalue weighted by Gasteiger charge is 2.07. The number of rotatable bonds is 1. The van der Waals surface area contributed by atoms with Crippen molar-refractivity contribution in [1.82, 2.24) is 9.38 Å². The largest absolute Gasteiger partial charge is 0.399 e. The van der Waals surface area contributed by atoms with E-state index in [-0.39, 0.29) is 0 Å². The molecule has 0 aliphatic carbocycles. The van der Waals surface area contributed by atoms with Crippen LogP contribution in [0.5, 0.6) is 0 Å². The summed E-state index contributed by atoms with van der Waals surface area (Å²) >= 11 is 3.51. The van der Waals surface area contributed by atoms with Crippen LogP contribution in [0.15, 0.2) is 53.3 Å². The van der Waals surface area contributed by atoms with E-state index in [0.29, 0.717) is 0 Å². The lowest BCUT2D eigenvalue weighted by Crippen LogP contribution is -1.90. The summed E-state index contributed by atoms with van der Waals surface area (Å²) in [6, 6.07) is 11.7. The summed E-state index contributed by atoms with van der Waals surface area (Å²) < 4.78 is 3.09. The van der Waals surface area contributed by atoms with Crippen molar-refractivity contribution in [2.24, 2.45) is 0 Å². The molecule has 4 heteroatoms. The van der Waals surface area contributed by atoms with Gasteiger partial charge in [0.25, 0.3) is 0 Å². The average molecular weight is 288 g/mol. The number of hydrogen-bond acceptors (Lipinski definition) is 2. The fraction of sp³-hybridized carbons (Fsp3) is 0. The van der Waals surface area contributed by atoms with E-state index < -0.39 is 0 Å². The first-order chi connectivity index (χ1) is 8.25. The molecule has 0 atom stereocenters. The van der Waals surface area contributed by atoms with Crippen molar-refractivity contribution in [2.75, 3.05) is 5.73 Å². The maximum Gasteiger partial charge on any atom is 0.144 e. The van der Waals surface area contributed by atoms with Crippen LogP contribution in [0.2, 0.25) is 0 Å². The molecule has 0 fully saturated rings. The van der Waals surface area contributed by atoms with Crippen LogP contribution >= 0.6 is 15.9 Å². The van der Waals surface area contributed by atoms with Gasteiger partial charge in [-0.1, -0.05) is 0 Å². The lowest BCUT2D eigenvalue weighted by atomic mass is 10.2. The van der Waals surface area contributed by atoms with E-state index in [1.54, 1.807) is 0 Å². The third kappa shape index (κ3) is 1.70. The summed E-state index contributed by atoms with van der Waals surface area (Å²) in [6.45, 7) is 0.